The van der Waals surface area contributed by atoms with E-state index in [2.05, 4.69) is 4.74 Å². The standard InChI is InChI=1S/C10H8INO4/c1-16-10(13)9(12(14)15)8(11)7-5-3-2-4-6-7/h2-6H,1H3/b9-8-. The predicted molar refractivity (Wildman–Crippen MR) is 66.4 cm³/mol. The van der Waals surface area contributed by atoms with Crippen LogP contribution < -0.4 is 0 Å². The molecule has 0 saturated heterocycles. The summed E-state index contributed by atoms with van der Waals surface area (Å²) in [6, 6.07) is 8.64. The van der Waals surface area contributed by atoms with Crippen LogP contribution in [0.15, 0.2) is 36.0 Å². The molecule has 0 aliphatic heterocycles. The number of esters is 1. The maximum absolute atomic E-state index is 11.2. The number of hydrogen-bond donors (Lipinski definition) is 0. The molecule has 0 atom stereocenters. The van der Waals surface area contributed by atoms with Gasteiger partial charge in [0, 0.05) is 0 Å². The molecular weight excluding hydrogens is 325 g/mol. The minimum Gasteiger partial charge on any atom is -0.461 e. The highest BCUT2D eigenvalue weighted by molar-refractivity contribution is 14.1. The molecule has 5 nitrogen and oxygen atoms in total. The first-order valence-corrected chi connectivity index (χ1v) is 5.33. The fourth-order valence-electron chi connectivity index (χ4n) is 1.06. The van der Waals surface area contributed by atoms with E-state index in [9.17, 15) is 14.9 Å². The second-order valence-corrected chi connectivity index (χ2v) is 3.86. The van der Waals surface area contributed by atoms with Crippen molar-refractivity contribution in [2.45, 2.75) is 0 Å². The van der Waals surface area contributed by atoms with E-state index in [-0.39, 0.29) is 3.58 Å². The second kappa shape index (κ2) is 5.59. The fraction of sp³-hybridized carbons (Fsp3) is 0.100. The third-order valence-corrected chi connectivity index (χ3v) is 2.93. The van der Waals surface area contributed by atoms with Gasteiger partial charge in [-0.1, -0.05) is 30.3 Å². The van der Waals surface area contributed by atoms with Crippen LogP contribution in [0.25, 0.3) is 3.58 Å². The lowest BCUT2D eigenvalue weighted by atomic mass is 10.2. The van der Waals surface area contributed by atoms with Gasteiger partial charge < -0.3 is 4.74 Å². The number of rotatable bonds is 3. The highest BCUT2D eigenvalue weighted by Crippen LogP contribution is 2.26. The average molecular weight is 333 g/mol. The number of ether oxygens (including phenoxy) is 1. The van der Waals surface area contributed by atoms with Crippen molar-refractivity contribution in [3.63, 3.8) is 0 Å². The van der Waals surface area contributed by atoms with Gasteiger partial charge in [0.15, 0.2) is 0 Å². The molecule has 0 saturated carbocycles. The summed E-state index contributed by atoms with van der Waals surface area (Å²) in [6.45, 7) is 0. The average Bonchev–Trinajstić information content (AvgIpc) is 2.29. The molecule has 0 N–H and O–H groups in total. The maximum Gasteiger partial charge on any atom is 0.410 e. The van der Waals surface area contributed by atoms with E-state index >= 15 is 0 Å². The van der Waals surface area contributed by atoms with E-state index in [4.69, 9.17) is 0 Å². The van der Waals surface area contributed by atoms with Gasteiger partial charge in [0.2, 0.25) is 0 Å². The zero-order valence-electron chi connectivity index (χ0n) is 8.34. The van der Waals surface area contributed by atoms with E-state index in [0.717, 1.165) is 7.11 Å². The van der Waals surface area contributed by atoms with Crippen LogP contribution in [-0.2, 0) is 9.53 Å². The number of benzene rings is 1. The van der Waals surface area contributed by atoms with Crippen molar-refractivity contribution in [3.8, 4) is 0 Å². The molecule has 0 heterocycles. The highest BCUT2D eigenvalue weighted by Gasteiger charge is 2.27. The van der Waals surface area contributed by atoms with Gasteiger partial charge in [-0.2, -0.15) is 0 Å². The quantitative estimate of drug-likeness (QED) is 0.280. The number of carbonyl (C=O) groups excluding carboxylic acids is 1. The molecule has 0 radical (unpaired) electrons. The molecule has 6 heteroatoms. The Hall–Kier alpha value is -1.44. The molecule has 16 heavy (non-hydrogen) atoms. The Bertz CT molecular complexity index is 441. The number of nitrogens with zero attached hydrogens (tertiary/aromatic N) is 1. The van der Waals surface area contributed by atoms with Crippen LogP contribution in [0.1, 0.15) is 5.56 Å². The molecule has 1 rings (SSSR count). The molecule has 0 aliphatic rings. The monoisotopic (exact) mass is 333 g/mol. The summed E-state index contributed by atoms with van der Waals surface area (Å²) in [5.41, 5.74) is 0.0644. The Morgan fingerprint density at radius 3 is 2.38 bits per heavy atom. The SMILES string of the molecule is COC(=O)/C(=C(/I)c1ccccc1)[N+](=O)[O-]. The van der Waals surface area contributed by atoms with E-state index in [1.165, 1.54) is 0 Å². The molecule has 0 aromatic heterocycles. The van der Waals surface area contributed by atoms with E-state index in [0.29, 0.717) is 5.56 Å². The summed E-state index contributed by atoms with van der Waals surface area (Å²) in [4.78, 5) is 21.3. The first-order valence-electron chi connectivity index (χ1n) is 4.25. The predicted octanol–water partition coefficient (Wildman–Crippen LogP) is 2.24. The van der Waals surface area contributed by atoms with Crippen molar-refractivity contribution < 1.29 is 14.5 Å². The van der Waals surface area contributed by atoms with Gasteiger partial charge in [-0.05, 0) is 28.2 Å². The first kappa shape index (κ1) is 12.6. The van der Waals surface area contributed by atoms with Crippen LogP contribution in [0.3, 0.4) is 0 Å². The normalized spacial score (nSPS) is 11.6. The smallest absolute Gasteiger partial charge is 0.410 e. The highest BCUT2D eigenvalue weighted by atomic mass is 127. The summed E-state index contributed by atoms with van der Waals surface area (Å²) >= 11 is 1.76. The molecular formula is C10H8INO4. The first-order chi connectivity index (χ1) is 7.57. The van der Waals surface area contributed by atoms with Gasteiger partial charge in [-0.15, -0.1) is 0 Å². The van der Waals surface area contributed by atoms with Crippen molar-refractivity contribution in [1.29, 1.82) is 0 Å². The summed E-state index contributed by atoms with van der Waals surface area (Å²) < 4.78 is 4.63. The lowest BCUT2D eigenvalue weighted by Crippen LogP contribution is -2.14. The molecule has 84 valence electrons. The van der Waals surface area contributed by atoms with Crippen molar-refractivity contribution in [3.05, 3.63) is 51.7 Å². The van der Waals surface area contributed by atoms with Crippen LogP contribution in [0, 0.1) is 10.1 Å². The molecule has 0 bridgehead atoms. The Kier molecular flexibility index (Phi) is 4.41. The summed E-state index contributed by atoms with van der Waals surface area (Å²) in [5.74, 6) is -0.946. The Labute approximate surface area is 105 Å². The van der Waals surface area contributed by atoms with Gasteiger partial charge in [0.1, 0.15) is 3.58 Å². The van der Waals surface area contributed by atoms with Crippen molar-refractivity contribution in [1.82, 2.24) is 0 Å². The Morgan fingerprint density at radius 2 is 1.94 bits per heavy atom. The van der Waals surface area contributed by atoms with Gasteiger partial charge in [-0.25, -0.2) is 4.79 Å². The van der Waals surface area contributed by atoms with Crippen LogP contribution in [0.2, 0.25) is 0 Å². The lowest BCUT2D eigenvalue weighted by molar-refractivity contribution is -0.419. The van der Waals surface area contributed by atoms with Crippen LogP contribution in [0.5, 0.6) is 0 Å². The molecule has 0 aliphatic carbocycles. The summed E-state index contributed by atoms with van der Waals surface area (Å²) in [5, 5.41) is 10.8. The molecule has 0 amide bonds. The van der Waals surface area contributed by atoms with E-state index in [1.54, 1.807) is 52.9 Å². The number of methoxy groups -OCH3 is 1. The lowest BCUT2D eigenvalue weighted by Gasteiger charge is -2.01. The third kappa shape index (κ3) is 2.78. The third-order valence-electron chi connectivity index (χ3n) is 1.80. The maximum atomic E-state index is 11.2. The summed E-state index contributed by atoms with van der Waals surface area (Å²) in [6.07, 6.45) is 0. The van der Waals surface area contributed by atoms with Crippen LogP contribution >= 0.6 is 22.6 Å². The Morgan fingerprint density at radius 1 is 1.38 bits per heavy atom. The van der Waals surface area contributed by atoms with Crippen LogP contribution in [-0.4, -0.2) is 18.0 Å². The van der Waals surface area contributed by atoms with Gasteiger partial charge >= 0.3 is 11.7 Å². The van der Waals surface area contributed by atoms with Crippen molar-refractivity contribution >= 4 is 32.1 Å². The number of halogens is 1. The number of hydrogen-bond acceptors (Lipinski definition) is 4. The largest absolute Gasteiger partial charge is 0.461 e. The second-order valence-electron chi connectivity index (χ2n) is 2.78. The van der Waals surface area contributed by atoms with Crippen LogP contribution in [0.4, 0.5) is 0 Å². The molecule has 0 unspecified atom stereocenters. The Balaban J connectivity index is 3.28. The minimum atomic E-state index is -0.946. The number of carbonyl (C=O) groups is 1. The molecule has 1 aromatic rings. The minimum absolute atomic E-state index is 0.259. The zero-order valence-corrected chi connectivity index (χ0v) is 10.5. The number of nitro groups is 1. The summed E-state index contributed by atoms with van der Waals surface area (Å²) in [7, 11) is 1.11. The van der Waals surface area contributed by atoms with E-state index < -0.39 is 16.6 Å². The van der Waals surface area contributed by atoms with Crippen molar-refractivity contribution in [2.24, 2.45) is 0 Å². The molecule has 0 spiro atoms. The van der Waals surface area contributed by atoms with Gasteiger partial charge in [0.25, 0.3) is 0 Å². The molecule has 0 fully saturated rings. The fourth-order valence-corrected chi connectivity index (χ4v) is 1.84. The van der Waals surface area contributed by atoms with Crippen molar-refractivity contribution in [2.75, 3.05) is 7.11 Å². The van der Waals surface area contributed by atoms with Gasteiger partial charge in [-0.3, -0.25) is 10.1 Å². The zero-order chi connectivity index (χ0) is 12.1. The van der Waals surface area contributed by atoms with E-state index in [1.807, 2.05) is 0 Å². The van der Waals surface area contributed by atoms with Gasteiger partial charge in [0.05, 0.1) is 12.0 Å². The molecule has 1 aromatic carbocycles. The topological polar surface area (TPSA) is 69.4 Å².